The number of ether oxygens (including phenoxy) is 1. The number of hydrogen-bond donors (Lipinski definition) is 3. The Labute approximate surface area is 188 Å². The van der Waals surface area contributed by atoms with Crippen molar-refractivity contribution in [1.82, 2.24) is 10.6 Å². The summed E-state index contributed by atoms with van der Waals surface area (Å²) in [6.45, 7) is 7.22. The van der Waals surface area contributed by atoms with Crippen LogP contribution >= 0.6 is 0 Å². The fourth-order valence-electron chi connectivity index (χ4n) is 4.07. The third kappa shape index (κ3) is 5.28. The minimum atomic E-state index is -1.00. The van der Waals surface area contributed by atoms with Gasteiger partial charge in [0.15, 0.2) is 0 Å². The average Bonchev–Trinajstić information content (AvgIpc) is 3.02. The number of amides is 2. The molecule has 7 nitrogen and oxygen atoms in total. The van der Waals surface area contributed by atoms with E-state index in [9.17, 15) is 14.4 Å². The van der Waals surface area contributed by atoms with Crippen LogP contribution in [0.2, 0.25) is 0 Å². The van der Waals surface area contributed by atoms with Crippen molar-refractivity contribution in [3.63, 3.8) is 0 Å². The maximum atomic E-state index is 12.7. The molecule has 32 heavy (non-hydrogen) atoms. The van der Waals surface area contributed by atoms with E-state index in [2.05, 4.69) is 22.8 Å². The van der Waals surface area contributed by atoms with Crippen molar-refractivity contribution in [3.05, 3.63) is 59.7 Å². The highest BCUT2D eigenvalue weighted by Gasteiger charge is 2.35. The fourth-order valence-corrected chi connectivity index (χ4v) is 4.07. The zero-order valence-electron chi connectivity index (χ0n) is 18.8. The molecular weight excluding hydrogens is 408 g/mol. The van der Waals surface area contributed by atoms with Gasteiger partial charge in [0, 0.05) is 12.0 Å². The summed E-state index contributed by atoms with van der Waals surface area (Å²) in [5.74, 6) is -1.53. The Hall–Kier alpha value is -3.35. The Kier molecular flexibility index (Phi) is 6.87. The molecule has 1 aliphatic rings. The van der Waals surface area contributed by atoms with Crippen LogP contribution in [0.5, 0.6) is 0 Å². The lowest BCUT2D eigenvalue weighted by atomic mass is 9.86. The first-order chi connectivity index (χ1) is 15.1. The molecule has 2 aromatic carbocycles. The maximum Gasteiger partial charge on any atom is 0.407 e. The number of carboxylic acids is 1. The van der Waals surface area contributed by atoms with Crippen molar-refractivity contribution in [3.8, 4) is 11.1 Å². The van der Waals surface area contributed by atoms with Gasteiger partial charge in [-0.25, -0.2) is 4.79 Å². The summed E-state index contributed by atoms with van der Waals surface area (Å²) >= 11 is 0. The number of carbonyl (C=O) groups excluding carboxylic acids is 2. The van der Waals surface area contributed by atoms with Crippen LogP contribution in [0.3, 0.4) is 0 Å². The summed E-state index contributed by atoms with van der Waals surface area (Å²) in [7, 11) is 0. The second kappa shape index (κ2) is 9.42. The summed E-state index contributed by atoms with van der Waals surface area (Å²) in [4.78, 5) is 36.3. The normalized spacial score (nSPS) is 14.6. The largest absolute Gasteiger partial charge is 0.481 e. The third-order valence-electron chi connectivity index (χ3n) is 5.60. The van der Waals surface area contributed by atoms with E-state index < -0.39 is 35.5 Å². The first kappa shape index (κ1) is 23.3. The van der Waals surface area contributed by atoms with Crippen LogP contribution < -0.4 is 10.6 Å². The van der Waals surface area contributed by atoms with Crippen molar-refractivity contribution in [2.24, 2.45) is 5.41 Å². The molecule has 2 aromatic rings. The average molecular weight is 439 g/mol. The van der Waals surface area contributed by atoms with Crippen LogP contribution in [-0.4, -0.2) is 41.8 Å². The molecule has 2 atom stereocenters. The molecule has 2 amide bonds. The van der Waals surface area contributed by atoms with E-state index in [1.807, 2.05) is 57.2 Å². The molecule has 0 spiro atoms. The van der Waals surface area contributed by atoms with Crippen LogP contribution in [0.4, 0.5) is 4.79 Å². The Balaban J connectivity index is 1.67. The van der Waals surface area contributed by atoms with Crippen molar-refractivity contribution >= 4 is 18.0 Å². The molecule has 0 saturated heterocycles. The summed E-state index contributed by atoms with van der Waals surface area (Å²) < 4.78 is 5.56. The van der Waals surface area contributed by atoms with Gasteiger partial charge in [0.1, 0.15) is 12.6 Å². The summed E-state index contributed by atoms with van der Waals surface area (Å²) in [5.41, 5.74) is 3.88. The number of benzene rings is 2. The zero-order valence-corrected chi connectivity index (χ0v) is 18.8. The number of carboxylic acid groups (broad SMARTS) is 1. The summed E-state index contributed by atoms with van der Waals surface area (Å²) in [6, 6.07) is 14.7. The summed E-state index contributed by atoms with van der Waals surface area (Å²) in [5, 5.41) is 14.2. The molecule has 0 heterocycles. The second-order valence-corrected chi connectivity index (χ2v) is 9.28. The molecule has 0 radical (unpaired) electrons. The second-order valence-electron chi connectivity index (χ2n) is 9.28. The number of carbonyl (C=O) groups is 3. The van der Waals surface area contributed by atoms with E-state index in [4.69, 9.17) is 9.84 Å². The van der Waals surface area contributed by atoms with E-state index in [0.29, 0.717) is 0 Å². The van der Waals surface area contributed by atoms with Crippen molar-refractivity contribution in [2.75, 3.05) is 6.61 Å². The van der Waals surface area contributed by atoms with E-state index >= 15 is 0 Å². The minimum Gasteiger partial charge on any atom is -0.481 e. The van der Waals surface area contributed by atoms with Crippen molar-refractivity contribution in [1.29, 1.82) is 0 Å². The lowest BCUT2D eigenvalue weighted by molar-refractivity contribution is -0.137. The Morgan fingerprint density at radius 3 is 2.00 bits per heavy atom. The van der Waals surface area contributed by atoms with Gasteiger partial charge in [-0.2, -0.15) is 0 Å². The molecular formula is C25H30N2O5. The van der Waals surface area contributed by atoms with Crippen LogP contribution in [0.25, 0.3) is 11.1 Å². The van der Waals surface area contributed by atoms with Crippen LogP contribution in [-0.2, 0) is 14.3 Å². The topological polar surface area (TPSA) is 105 Å². The molecule has 0 bridgehead atoms. The van der Waals surface area contributed by atoms with E-state index in [1.54, 1.807) is 6.92 Å². The van der Waals surface area contributed by atoms with Crippen molar-refractivity contribution < 1.29 is 24.2 Å². The van der Waals surface area contributed by atoms with Gasteiger partial charge in [0.2, 0.25) is 5.91 Å². The van der Waals surface area contributed by atoms with Gasteiger partial charge in [-0.15, -0.1) is 0 Å². The number of aliphatic carboxylic acids is 1. The molecule has 1 aliphatic carbocycles. The van der Waals surface area contributed by atoms with E-state index in [1.165, 1.54) is 0 Å². The molecule has 3 N–H and O–H groups in total. The van der Waals surface area contributed by atoms with Gasteiger partial charge in [-0.3, -0.25) is 9.59 Å². The van der Waals surface area contributed by atoms with Gasteiger partial charge in [0.25, 0.3) is 0 Å². The van der Waals surface area contributed by atoms with Gasteiger partial charge in [-0.05, 0) is 34.6 Å². The van der Waals surface area contributed by atoms with Crippen molar-refractivity contribution in [2.45, 2.75) is 52.1 Å². The SMILES string of the molecule is CC(CC(=O)O)NC(=O)[C@H](NC(=O)OCC1c2ccccc2-c2ccccc21)C(C)(C)C. The first-order valence-corrected chi connectivity index (χ1v) is 10.7. The number of hydrogen-bond acceptors (Lipinski definition) is 4. The molecule has 7 heteroatoms. The molecule has 0 saturated carbocycles. The smallest absolute Gasteiger partial charge is 0.407 e. The number of fused-ring (bicyclic) bond motifs is 3. The Morgan fingerprint density at radius 2 is 1.50 bits per heavy atom. The number of alkyl carbamates (subject to hydrolysis) is 1. The Morgan fingerprint density at radius 1 is 0.969 bits per heavy atom. The van der Waals surface area contributed by atoms with Gasteiger partial charge >= 0.3 is 12.1 Å². The molecule has 170 valence electrons. The van der Waals surface area contributed by atoms with Crippen LogP contribution in [0.15, 0.2) is 48.5 Å². The standard InChI is InChI=1S/C25H30N2O5/c1-15(13-21(28)29)26-23(30)22(25(2,3)4)27-24(31)32-14-20-18-11-7-5-9-16(18)17-10-6-8-12-19(17)20/h5-12,15,20,22H,13-14H2,1-4H3,(H,26,30)(H,27,31)(H,28,29)/t15?,22-/m0/s1. The van der Waals surface area contributed by atoms with E-state index in [0.717, 1.165) is 22.3 Å². The lowest BCUT2D eigenvalue weighted by Crippen LogP contribution is -2.55. The third-order valence-corrected chi connectivity index (χ3v) is 5.60. The van der Waals surface area contributed by atoms with Crippen LogP contribution in [0.1, 0.15) is 51.2 Å². The minimum absolute atomic E-state index is 0.0781. The quantitative estimate of drug-likeness (QED) is 0.608. The Bertz CT molecular complexity index is 966. The molecule has 0 aromatic heterocycles. The van der Waals surface area contributed by atoms with Gasteiger partial charge in [-0.1, -0.05) is 69.3 Å². The number of nitrogens with one attached hydrogen (secondary N) is 2. The predicted octanol–water partition coefficient (Wildman–Crippen LogP) is 3.92. The molecule has 0 aliphatic heterocycles. The fraction of sp³-hybridized carbons (Fsp3) is 0.400. The van der Waals surface area contributed by atoms with Gasteiger partial charge < -0.3 is 20.5 Å². The number of rotatable bonds is 7. The highest BCUT2D eigenvalue weighted by molar-refractivity contribution is 5.87. The first-order valence-electron chi connectivity index (χ1n) is 10.7. The molecule has 0 fully saturated rings. The zero-order chi connectivity index (χ0) is 23.5. The summed E-state index contributed by atoms with van der Waals surface area (Å²) in [6.07, 6.45) is -0.888. The van der Waals surface area contributed by atoms with E-state index in [-0.39, 0.29) is 18.9 Å². The molecule has 1 unspecified atom stereocenters. The predicted molar refractivity (Wildman–Crippen MR) is 121 cm³/mol. The van der Waals surface area contributed by atoms with Crippen LogP contribution in [0, 0.1) is 5.41 Å². The monoisotopic (exact) mass is 438 g/mol. The highest BCUT2D eigenvalue weighted by Crippen LogP contribution is 2.44. The molecule has 3 rings (SSSR count). The maximum absolute atomic E-state index is 12.7. The van der Waals surface area contributed by atoms with Gasteiger partial charge in [0.05, 0.1) is 6.42 Å². The lowest BCUT2D eigenvalue weighted by Gasteiger charge is -2.31. The highest BCUT2D eigenvalue weighted by atomic mass is 16.5.